The number of carbonyl (C=O) groups is 1. The van der Waals surface area contributed by atoms with Gasteiger partial charge in [-0.15, -0.1) is 0 Å². The van der Waals surface area contributed by atoms with Crippen LogP contribution in [0.15, 0.2) is 42.7 Å². The third-order valence-electron chi connectivity index (χ3n) is 3.94. The number of amides is 1. The Bertz CT molecular complexity index is 592. The number of ether oxygens (including phenoxy) is 1. The highest BCUT2D eigenvalue weighted by molar-refractivity contribution is 5.81. The van der Waals surface area contributed by atoms with Gasteiger partial charge < -0.3 is 9.64 Å². The SMILES string of the molecule is CC(Oc1ccccc1)C(=O)N1CCC(n2nccn2)CC1. The number of likely N-dealkylation sites (tertiary alicyclic amines) is 1. The molecule has 1 aliphatic heterocycles. The monoisotopic (exact) mass is 300 g/mol. The second-order valence-corrected chi connectivity index (χ2v) is 5.48. The summed E-state index contributed by atoms with van der Waals surface area (Å²) in [5.41, 5.74) is 0. The van der Waals surface area contributed by atoms with Gasteiger partial charge in [-0.25, -0.2) is 0 Å². The van der Waals surface area contributed by atoms with Crippen molar-refractivity contribution in [2.75, 3.05) is 13.1 Å². The molecule has 2 aromatic rings. The largest absolute Gasteiger partial charge is 0.481 e. The van der Waals surface area contributed by atoms with Gasteiger partial charge in [-0.05, 0) is 31.9 Å². The number of rotatable bonds is 4. The van der Waals surface area contributed by atoms with Crippen molar-refractivity contribution in [3.63, 3.8) is 0 Å². The van der Waals surface area contributed by atoms with Gasteiger partial charge in [-0.2, -0.15) is 15.0 Å². The average Bonchev–Trinajstić information content (AvgIpc) is 3.10. The molecule has 0 radical (unpaired) electrons. The zero-order chi connectivity index (χ0) is 15.4. The van der Waals surface area contributed by atoms with E-state index in [1.807, 2.05) is 35.2 Å². The van der Waals surface area contributed by atoms with Crippen LogP contribution in [0.1, 0.15) is 25.8 Å². The molecule has 22 heavy (non-hydrogen) atoms. The van der Waals surface area contributed by atoms with Crippen LogP contribution in [0.5, 0.6) is 5.75 Å². The number of para-hydroxylation sites is 1. The molecule has 0 saturated carbocycles. The van der Waals surface area contributed by atoms with E-state index in [0.717, 1.165) is 18.6 Å². The summed E-state index contributed by atoms with van der Waals surface area (Å²) in [6.07, 6.45) is 4.65. The summed E-state index contributed by atoms with van der Waals surface area (Å²) in [5, 5.41) is 8.36. The fourth-order valence-electron chi connectivity index (χ4n) is 2.74. The summed E-state index contributed by atoms with van der Waals surface area (Å²) in [6.45, 7) is 3.23. The number of piperidine rings is 1. The summed E-state index contributed by atoms with van der Waals surface area (Å²) in [5.74, 6) is 0.759. The quantitative estimate of drug-likeness (QED) is 0.865. The smallest absolute Gasteiger partial charge is 0.263 e. The van der Waals surface area contributed by atoms with Gasteiger partial charge in [0.05, 0.1) is 18.4 Å². The Morgan fingerprint density at radius 1 is 1.18 bits per heavy atom. The minimum atomic E-state index is -0.471. The van der Waals surface area contributed by atoms with E-state index in [9.17, 15) is 4.79 Å². The molecule has 0 bridgehead atoms. The van der Waals surface area contributed by atoms with E-state index in [4.69, 9.17) is 4.74 Å². The molecule has 0 N–H and O–H groups in total. The Labute approximate surface area is 129 Å². The van der Waals surface area contributed by atoms with Crippen molar-refractivity contribution in [3.8, 4) is 5.75 Å². The molecule has 1 aromatic heterocycles. The minimum absolute atomic E-state index is 0.0377. The van der Waals surface area contributed by atoms with Gasteiger partial charge in [0.2, 0.25) is 0 Å². The van der Waals surface area contributed by atoms with E-state index < -0.39 is 6.10 Å². The lowest BCUT2D eigenvalue weighted by atomic mass is 10.1. The predicted molar refractivity (Wildman–Crippen MR) is 81.4 cm³/mol. The third kappa shape index (κ3) is 3.27. The fraction of sp³-hybridized carbons (Fsp3) is 0.438. The van der Waals surface area contributed by atoms with Gasteiger partial charge in [0, 0.05) is 13.1 Å². The van der Waals surface area contributed by atoms with Crippen molar-refractivity contribution >= 4 is 5.91 Å². The Morgan fingerprint density at radius 3 is 2.45 bits per heavy atom. The maximum atomic E-state index is 12.5. The molecule has 0 aliphatic carbocycles. The Balaban J connectivity index is 1.53. The van der Waals surface area contributed by atoms with E-state index in [2.05, 4.69) is 10.2 Å². The van der Waals surface area contributed by atoms with E-state index in [0.29, 0.717) is 13.1 Å². The highest BCUT2D eigenvalue weighted by Gasteiger charge is 2.28. The molecule has 1 aliphatic rings. The van der Waals surface area contributed by atoms with Crippen LogP contribution in [0.3, 0.4) is 0 Å². The first-order chi connectivity index (χ1) is 10.7. The van der Waals surface area contributed by atoms with Gasteiger partial charge in [0.15, 0.2) is 6.10 Å². The van der Waals surface area contributed by atoms with Crippen LogP contribution < -0.4 is 4.74 Å². The van der Waals surface area contributed by atoms with Gasteiger partial charge in [0.25, 0.3) is 5.91 Å². The molecule has 6 nitrogen and oxygen atoms in total. The third-order valence-corrected chi connectivity index (χ3v) is 3.94. The van der Waals surface area contributed by atoms with Crippen LogP contribution in [0.25, 0.3) is 0 Å². The van der Waals surface area contributed by atoms with Crippen LogP contribution in [-0.2, 0) is 4.79 Å². The van der Waals surface area contributed by atoms with Crippen molar-refractivity contribution < 1.29 is 9.53 Å². The molecular weight excluding hydrogens is 280 g/mol. The normalized spacial score (nSPS) is 17.2. The number of nitrogens with zero attached hydrogens (tertiary/aromatic N) is 4. The molecule has 1 fully saturated rings. The zero-order valence-electron chi connectivity index (χ0n) is 12.6. The molecule has 0 spiro atoms. The molecule has 116 valence electrons. The Kier molecular flexibility index (Phi) is 4.37. The van der Waals surface area contributed by atoms with Crippen molar-refractivity contribution in [2.24, 2.45) is 0 Å². The number of hydrogen-bond donors (Lipinski definition) is 0. The van der Waals surface area contributed by atoms with Crippen LogP contribution in [0, 0.1) is 0 Å². The van der Waals surface area contributed by atoms with Crippen LogP contribution in [0.4, 0.5) is 0 Å². The second-order valence-electron chi connectivity index (χ2n) is 5.48. The number of carbonyl (C=O) groups excluding carboxylic acids is 1. The van der Waals surface area contributed by atoms with Crippen LogP contribution >= 0.6 is 0 Å². The van der Waals surface area contributed by atoms with E-state index in [-0.39, 0.29) is 11.9 Å². The minimum Gasteiger partial charge on any atom is -0.481 e. The first-order valence-corrected chi connectivity index (χ1v) is 7.60. The summed E-state index contributed by atoms with van der Waals surface area (Å²) in [7, 11) is 0. The van der Waals surface area contributed by atoms with Gasteiger partial charge in [0.1, 0.15) is 5.75 Å². The molecule has 1 amide bonds. The lowest BCUT2D eigenvalue weighted by Gasteiger charge is -2.33. The van der Waals surface area contributed by atoms with Crippen molar-refractivity contribution in [1.29, 1.82) is 0 Å². The van der Waals surface area contributed by atoms with Gasteiger partial charge in [-0.3, -0.25) is 4.79 Å². The molecular formula is C16H20N4O2. The maximum Gasteiger partial charge on any atom is 0.263 e. The van der Waals surface area contributed by atoms with Gasteiger partial charge in [-0.1, -0.05) is 18.2 Å². The summed E-state index contributed by atoms with van der Waals surface area (Å²) in [4.78, 5) is 16.1. The van der Waals surface area contributed by atoms with Crippen molar-refractivity contribution in [3.05, 3.63) is 42.7 Å². The second kappa shape index (κ2) is 6.60. The molecule has 1 unspecified atom stereocenters. The first kappa shape index (κ1) is 14.6. The summed E-state index contributed by atoms with van der Waals surface area (Å²) >= 11 is 0. The molecule has 6 heteroatoms. The fourth-order valence-corrected chi connectivity index (χ4v) is 2.74. The van der Waals surface area contributed by atoms with E-state index >= 15 is 0 Å². The average molecular weight is 300 g/mol. The number of benzene rings is 1. The molecule has 1 saturated heterocycles. The number of aromatic nitrogens is 3. The van der Waals surface area contributed by atoms with Crippen LogP contribution in [-0.4, -0.2) is 45.0 Å². The van der Waals surface area contributed by atoms with Crippen molar-refractivity contribution in [2.45, 2.75) is 31.9 Å². The molecule has 2 heterocycles. The zero-order valence-corrected chi connectivity index (χ0v) is 12.6. The lowest BCUT2D eigenvalue weighted by molar-refractivity contribution is -0.139. The van der Waals surface area contributed by atoms with Crippen molar-refractivity contribution in [1.82, 2.24) is 19.9 Å². The highest BCUT2D eigenvalue weighted by atomic mass is 16.5. The van der Waals surface area contributed by atoms with E-state index in [1.54, 1.807) is 24.1 Å². The summed E-state index contributed by atoms with van der Waals surface area (Å²) in [6, 6.07) is 9.72. The van der Waals surface area contributed by atoms with Gasteiger partial charge >= 0.3 is 0 Å². The molecule has 3 rings (SSSR count). The maximum absolute atomic E-state index is 12.5. The molecule has 1 aromatic carbocycles. The molecule has 1 atom stereocenters. The standard InChI is InChI=1S/C16H20N4O2/c1-13(22-15-5-3-2-4-6-15)16(21)19-11-7-14(8-12-19)20-17-9-10-18-20/h2-6,9-10,13-14H,7-8,11-12H2,1H3. The first-order valence-electron chi connectivity index (χ1n) is 7.60. The summed E-state index contributed by atoms with van der Waals surface area (Å²) < 4.78 is 5.71. The van der Waals surface area contributed by atoms with Crippen LogP contribution in [0.2, 0.25) is 0 Å². The van der Waals surface area contributed by atoms with E-state index in [1.165, 1.54) is 0 Å². The Hall–Kier alpha value is -2.37. The number of hydrogen-bond acceptors (Lipinski definition) is 4. The predicted octanol–water partition coefficient (Wildman–Crippen LogP) is 1.91. The topological polar surface area (TPSA) is 60.2 Å². The highest BCUT2D eigenvalue weighted by Crippen LogP contribution is 2.21. The Morgan fingerprint density at radius 2 is 1.82 bits per heavy atom. The lowest BCUT2D eigenvalue weighted by Crippen LogP contribution is -2.45.